The van der Waals surface area contributed by atoms with Crippen LogP contribution in [0.4, 0.5) is 0 Å². The van der Waals surface area contributed by atoms with Crippen LogP contribution in [0.2, 0.25) is 0 Å². The van der Waals surface area contributed by atoms with Gasteiger partial charge in [-0.25, -0.2) is 0 Å². The van der Waals surface area contributed by atoms with E-state index in [2.05, 4.69) is 32.1 Å². The van der Waals surface area contributed by atoms with E-state index < -0.39 is 0 Å². The molecule has 1 aromatic rings. The SMILES string of the molecule is C1CN(Cc2noc(CC3CCSCC3)n2)CCN1. The van der Waals surface area contributed by atoms with Crippen LogP contribution < -0.4 is 5.32 Å². The summed E-state index contributed by atoms with van der Waals surface area (Å²) in [4.78, 5) is 6.93. The Hall–Kier alpha value is -0.590. The number of rotatable bonds is 4. The average Bonchev–Trinajstić information content (AvgIpc) is 2.88. The van der Waals surface area contributed by atoms with Crippen molar-refractivity contribution in [2.24, 2.45) is 5.92 Å². The Morgan fingerprint density at radius 1 is 1.26 bits per heavy atom. The number of nitrogens with one attached hydrogen (secondary N) is 1. The van der Waals surface area contributed by atoms with Crippen LogP contribution in [0.25, 0.3) is 0 Å². The molecule has 0 spiro atoms. The van der Waals surface area contributed by atoms with E-state index in [1.807, 2.05) is 0 Å². The molecular formula is C13H22N4OS. The highest BCUT2D eigenvalue weighted by Gasteiger charge is 2.19. The Labute approximate surface area is 118 Å². The molecule has 2 aliphatic rings. The van der Waals surface area contributed by atoms with Crippen LogP contribution in [0.1, 0.15) is 24.6 Å². The third-order valence-electron chi connectivity index (χ3n) is 3.89. The largest absolute Gasteiger partial charge is 0.339 e. The van der Waals surface area contributed by atoms with Crippen molar-refractivity contribution in [1.82, 2.24) is 20.4 Å². The molecule has 1 aromatic heterocycles. The zero-order valence-corrected chi connectivity index (χ0v) is 12.1. The molecule has 0 radical (unpaired) electrons. The summed E-state index contributed by atoms with van der Waals surface area (Å²) in [5.74, 6) is 5.00. The summed E-state index contributed by atoms with van der Waals surface area (Å²) < 4.78 is 5.40. The quantitative estimate of drug-likeness (QED) is 0.894. The molecule has 0 aliphatic carbocycles. The smallest absolute Gasteiger partial charge is 0.226 e. The molecule has 0 unspecified atom stereocenters. The predicted octanol–water partition coefficient (Wildman–Crippen LogP) is 1.16. The molecule has 1 N–H and O–H groups in total. The fourth-order valence-corrected chi connectivity index (χ4v) is 3.91. The molecule has 6 heteroatoms. The maximum atomic E-state index is 5.40. The predicted molar refractivity (Wildman–Crippen MR) is 76.2 cm³/mol. The van der Waals surface area contributed by atoms with Crippen LogP contribution in [0.15, 0.2) is 4.52 Å². The standard InChI is InChI=1S/C13H22N4OS/c1-7-19-8-2-11(1)9-13-15-12(16-18-13)10-17-5-3-14-4-6-17/h11,14H,1-10H2. The number of thioether (sulfide) groups is 1. The average molecular weight is 282 g/mol. The summed E-state index contributed by atoms with van der Waals surface area (Å²) >= 11 is 2.06. The zero-order chi connectivity index (χ0) is 12.9. The number of aromatic nitrogens is 2. The topological polar surface area (TPSA) is 54.2 Å². The van der Waals surface area contributed by atoms with Crippen LogP contribution in [-0.2, 0) is 13.0 Å². The van der Waals surface area contributed by atoms with Crippen LogP contribution in [0, 0.1) is 5.92 Å². The molecule has 0 atom stereocenters. The van der Waals surface area contributed by atoms with Gasteiger partial charge in [-0.2, -0.15) is 16.7 Å². The first-order valence-electron chi connectivity index (χ1n) is 7.22. The van der Waals surface area contributed by atoms with Gasteiger partial charge in [0.25, 0.3) is 0 Å². The Morgan fingerprint density at radius 2 is 2.05 bits per heavy atom. The van der Waals surface area contributed by atoms with Gasteiger partial charge in [0, 0.05) is 32.6 Å². The summed E-state index contributed by atoms with van der Waals surface area (Å²) in [7, 11) is 0. The molecule has 3 rings (SSSR count). The van der Waals surface area contributed by atoms with Crippen molar-refractivity contribution < 1.29 is 4.52 Å². The van der Waals surface area contributed by atoms with Gasteiger partial charge in [-0.1, -0.05) is 5.16 Å². The fraction of sp³-hybridized carbons (Fsp3) is 0.846. The highest BCUT2D eigenvalue weighted by atomic mass is 32.2. The lowest BCUT2D eigenvalue weighted by Crippen LogP contribution is -2.43. The molecule has 106 valence electrons. The van der Waals surface area contributed by atoms with Gasteiger partial charge in [0.2, 0.25) is 5.89 Å². The fourth-order valence-electron chi connectivity index (χ4n) is 2.70. The minimum Gasteiger partial charge on any atom is -0.339 e. The summed E-state index contributed by atoms with van der Waals surface area (Å²) in [6.07, 6.45) is 3.55. The van der Waals surface area contributed by atoms with Gasteiger partial charge in [0.15, 0.2) is 5.82 Å². The Kier molecular flexibility index (Phi) is 4.74. The molecule has 0 aromatic carbocycles. The Morgan fingerprint density at radius 3 is 2.84 bits per heavy atom. The van der Waals surface area contributed by atoms with Gasteiger partial charge >= 0.3 is 0 Å². The van der Waals surface area contributed by atoms with E-state index in [1.54, 1.807) is 0 Å². The van der Waals surface area contributed by atoms with Crippen molar-refractivity contribution in [3.63, 3.8) is 0 Å². The lowest BCUT2D eigenvalue weighted by atomic mass is 9.99. The molecule has 2 fully saturated rings. The number of nitrogens with zero attached hydrogens (tertiary/aromatic N) is 3. The summed E-state index contributed by atoms with van der Waals surface area (Å²) in [5, 5.41) is 7.47. The molecule has 3 heterocycles. The van der Waals surface area contributed by atoms with Gasteiger partial charge < -0.3 is 9.84 Å². The van der Waals surface area contributed by atoms with Gasteiger partial charge in [-0.15, -0.1) is 0 Å². The normalized spacial score (nSPS) is 22.7. The lowest BCUT2D eigenvalue weighted by molar-refractivity contribution is 0.224. The first kappa shape index (κ1) is 13.4. The van der Waals surface area contributed by atoms with Crippen LogP contribution in [0.3, 0.4) is 0 Å². The van der Waals surface area contributed by atoms with Crippen molar-refractivity contribution in [1.29, 1.82) is 0 Å². The van der Waals surface area contributed by atoms with E-state index in [0.717, 1.165) is 56.8 Å². The number of hydrogen-bond acceptors (Lipinski definition) is 6. The molecule has 0 bridgehead atoms. The van der Waals surface area contributed by atoms with E-state index in [1.165, 1.54) is 24.3 Å². The molecular weight excluding hydrogens is 260 g/mol. The highest BCUT2D eigenvalue weighted by Crippen LogP contribution is 2.25. The number of piperazine rings is 1. The Balaban J connectivity index is 1.50. The molecule has 0 saturated carbocycles. The second-order valence-electron chi connectivity index (χ2n) is 5.39. The number of hydrogen-bond donors (Lipinski definition) is 1. The third-order valence-corrected chi connectivity index (χ3v) is 4.94. The van der Waals surface area contributed by atoms with Crippen molar-refractivity contribution in [3.8, 4) is 0 Å². The molecule has 2 saturated heterocycles. The monoisotopic (exact) mass is 282 g/mol. The Bertz CT molecular complexity index is 351. The minimum atomic E-state index is 0.744. The highest BCUT2D eigenvalue weighted by molar-refractivity contribution is 7.99. The van der Waals surface area contributed by atoms with Crippen LogP contribution in [-0.4, -0.2) is 52.7 Å². The summed E-state index contributed by atoms with van der Waals surface area (Å²) in [6.45, 7) is 5.09. The van der Waals surface area contributed by atoms with Gasteiger partial charge in [-0.05, 0) is 30.3 Å². The summed E-state index contributed by atoms with van der Waals surface area (Å²) in [6, 6.07) is 0. The van der Waals surface area contributed by atoms with E-state index in [-0.39, 0.29) is 0 Å². The van der Waals surface area contributed by atoms with Gasteiger partial charge in [-0.3, -0.25) is 4.90 Å². The van der Waals surface area contributed by atoms with Crippen molar-refractivity contribution in [2.75, 3.05) is 37.7 Å². The second-order valence-corrected chi connectivity index (χ2v) is 6.62. The van der Waals surface area contributed by atoms with Crippen LogP contribution >= 0.6 is 11.8 Å². The zero-order valence-electron chi connectivity index (χ0n) is 11.3. The maximum absolute atomic E-state index is 5.40. The first-order valence-corrected chi connectivity index (χ1v) is 8.38. The first-order chi connectivity index (χ1) is 9.40. The molecule has 0 amide bonds. The van der Waals surface area contributed by atoms with E-state index >= 15 is 0 Å². The lowest BCUT2D eigenvalue weighted by Gasteiger charge is -2.25. The summed E-state index contributed by atoms with van der Waals surface area (Å²) in [5.41, 5.74) is 0. The second kappa shape index (κ2) is 6.72. The van der Waals surface area contributed by atoms with Crippen molar-refractivity contribution >= 4 is 11.8 Å². The van der Waals surface area contributed by atoms with E-state index in [9.17, 15) is 0 Å². The minimum absolute atomic E-state index is 0.744. The third kappa shape index (κ3) is 3.94. The van der Waals surface area contributed by atoms with Crippen molar-refractivity contribution in [2.45, 2.75) is 25.8 Å². The maximum Gasteiger partial charge on any atom is 0.226 e. The van der Waals surface area contributed by atoms with Gasteiger partial charge in [0.1, 0.15) is 0 Å². The van der Waals surface area contributed by atoms with Crippen molar-refractivity contribution in [3.05, 3.63) is 11.7 Å². The molecule has 5 nitrogen and oxygen atoms in total. The van der Waals surface area contributed by atoms with Crippen LogP contribution in [0.5, 0.6) is 0 Å². The van der Waals surface area contributed by atoms with E-state index in [4.69, 9.17) is 4.52 Å². The molecule has 19 heavy (non-hydrogen) atoms. The molecule has 2 aliphatic heterocycles. The van der Waals surface area contributed by atoms with Gasteiger partial charge in [0.05, 0.1) is 6.54 Å². The van der Waals surface area contributed by atoms with E-state index in [0.29, 0.717) is 0 Å².